The number of carbonyl (C=O) groups excluding carboxylic acids is 2. The lowest BCUT2D eigenvalue weighted by molar-refractivity contribution is -0.116. The molecule has 2 aromatic rings. The van der Waals surface area contributed by atoms with Crippen LogP contribution in [0, 0.1) is 4.91 Å². The van der Waals surface area contributed by atoms with Gasteiger partial charge >= 0.3 is 0 Å². The van der Waals surface area contributed by atoms with Crippen LogP contribution >= 0.6 is 0 Å². The molecule has 7 nitrogen and oxygen atoms in total. The van der Waals surface area contributed by atoms with Crippen LogP contribution in [-0.4, -0.2) is 23.5 Å². The maximum atomic E-state index is 12.1. The summed E-state index contributed by atoms with van der Waals surface area (Å²) >= 11 is 0. The van der Waals surface area contributed by atoms with Gasteiger partial charge in [0.25, 0.3) is 5.91 Å². The fourth-order valence-corrected chi connectivity index (χ4v) is 1.88. The smallest absolute Gasteiger partial charge is 0.255 e. The van der Waals surface area contributed by atoms with E-state index >= 15 is 0 Å². The summed E-state index contributed by atoms with van der Waals surface area (Å²) in [7, 11) is 0. The van der Waals surface area contributed by atoms with Crippen LogP contribution in [0.3, 0.4) is 0 Å². The minimum Gasteiger partial charge on any atom is -0.396 e. The summed E-state index contributed by atoms with van der Waals surface area (Å²) in [6.45, 7) is -0.226. The molecule has 0 saturated carbocycles. The molecule has 0 saturated heterocycles. The topological polar surface area (TPSA) is 108 Å². The second kappa shape index (κ2) is 7.81. The van der Waals surface area contributed by atoms with E-state index in [9.17, 15) is 14.5 Å². The Morgan fingerprint density at radius 1 is 1.00 bits per heavy atom. The number of hydrogen-bond donors (Lipinski definition) is 3. The van der Waals surface area contributed by atoms with Gasteiger partial charge in [0.15, 0.2) is 0 Å². The van der Waals surface area contributed by atoms with Gasteiger partial charge < -0.3 is 15.7 Å². The summed E-state index contributed by atoms with van der Waals surface area (Å²) in [5, 5.41) is 16.7. The third-order valence-electron chi connectivity index (χ3n) is 3.02. The molecule has 0 bridgehead atoms. The van der Waals surface area contributed by atoms with Crippen LogP contribution in [0.4, 0.5) is 17.1 Å². The first kappa shape index (κ1) is 16.3. The maximum Gasteiger partial charge on any atom is 0.255 e. The van der Waals surface area contributed by atoms with E-state index in [1.807, 2.05) is 0 Å². The summed E-state index contributed by atoms with van der Waals surface area (Å²) in [6, 6.07) is 12.7. The van der Waals surface area contributed by atoms with E-state index in [0.29, 0.717) is 16.9 Å². The number of hydrogen-bond acceptors (Lipinski definition) is 5. The van der Waals surface area contributed by atoms with Gasteiger partial charge in [0.2, 0.25) is 5.91 Å². The third kappa shape index (κ3) is 4.45. The van der Waals surface area contributed by atoms with E-state index in [1.165, 1.54) is 6.07 Å². The predicted octanol–water partition coefficient (Wildman–Crippen LogP) is 2.66. The van der Waals surface area contributed by atoms with E-state index in [0.717, 1.165) is 0 Å². The van der Waals surface area contributed by atoms with Gasteiger partial charge in [-0.3, -0.25) is 9.59 Å². The van der Waals surface area contributed by atoms with Crippen molar-refractivity contribution < 1.29 is 14.7 Å². The molecule has 0 aliphatic heterocycles. The number of nitrogens with zero attached hydrogens (tertiary/aromatic N) is 1. The Balaban J connectivity index is 2.05. The average Bonchev–Trinajstić information content (AvgIpc) is 2.56. The first-order valence-electron chi connectivity index (χ1n) is 6.88. The molecule has 0 radical (unpaired) electrons. The van der Waals surface area contributed by atoms with Gasteiger partial charge in [-0.25, -0.2) is 0 Å². The van der Waals surface area contributed by atoms with Crippen LogP contribution in [0.5, 0.6) is 0 Å². The van der Waals surface area contributed by atoms with Crippen LogP contribution in [-0.2, 0) is 4.79 Å². The summed E-state index contributed by atoms with van der Waals surface area (Å²) in [5.74, 6) is -0.704. The van der Waals surface area contributed by atoms with Crippen molar-refractivity contribution >= 4 is 28.9 Å². The van der Waals surface area contributed by atoms with Crippen molar-refractivity contribution in [2.45, 2.75) is 6.42 Å². The Bertz CT molecular complexity index is 714. The highest BCUT2D eigenvalue weighted by Gasteiger charge is 2.09. The number of aliphatic hydroxyl groups excluding tert-OH is 1. The van der Waals surface area contributed by atoms with Gasteiger partial charge in [-0.1, -0.05) is 12.1 Å². The number of nitrogens with one attached hydrogen (secondary N) is 2. The number of para-hydroxylation sites is 1. The van der Waals surface area contributed by atoms with Crippen molar-refractivity contribution in [3.05, 3.63) is 59.0 Å². The molecule has 0 aliphatic rings. The largest absolute Gasteiger partial charge is 0.396 e. The van der Waals surface area contributed by atoms with Crippen molar-refractivity contribution in [2.24, 2.45) is 5.18 Å². The Hall–Kier alpha value is -3.06. The van der Waals surface area contributed by atoms with Gasteiger partial charge in [-0.2, -0.15) is 0 Å². The van der Waals surface area contributed by atoms with E-state index in [2.05, 4.69) is 15.8 Å². The minimum atomic E-state index is -0.394. The molecule has 0 spiro atoms. The molecule has 0 aliphatic carbocycles. The summed E-state index contributed by atoms with van der Waals surface area (Å²) in [5.41, 5.74) is 1.36. The number of aliphatic hydroxyl groups is 1. The molecular weight excluding hydrogens is 298 g/mol. The first-order valence-corrected chi connectivity index (χ1v) is 6.88. The molecular formula is C16H15N3O4. The van der Waals surface area contributed by atoms with E-state index in [4.69, 9.17) is 5.11 Å². The molecule has 3 N–H and O–H groups in total. The van der Waals surface area contributed by atoms with Crippen LogP contribution in [0.1, 0.15) is 16.8 Å². The molecule has 0 heterocycles. The molecule has 23 heavy (non-hydrogen) atoms. The molecule has 7 heteroatoms. The Morgan fingerprint density at radius 3 is 2.35 bits per heavy atom. The molecule has 2 rings (SSSR count). The maximum absolute atomic E-state index is 12.1. The van der Waals surface area contributed by atoms with Crippen LogP contribution in [0.2, 0.25) is 0 Å². The molecule has 0 fully saturated rings. The number of carbonyl (C=O) groups is 2. The summed E-state index contributed by atoms with van der Waals surface area (Å²) in [4.78, 5) is 34.2. The highest BCUT2D eigenvalue weighted by Crippen LogP contribution is 2.24. The number of benzene rings is 2. The van der Waals surface area contributed by atoms with E-state index in [-0.39, 0.29) is 24.6 Å². The second-order valence-corrected chi connectivity index (χ2v) is 4.66. The summed E-state index contributed by atoms with van der Waals surface area (Å²) in [6.07, 6.45) is 0.0116. The first-order chi connectivity index (χ1) is 11.1. The lowest BCUT2D eigenvalue weighted by Gasteiger charge is -2.08. The van der Waals surface area contributed by atoms with Crippen molar-refractivity contribution in [3.8, 4) is 0 Å². The lowest BCUT2D eigenvalue weighted by atomic mass is 10.1. The highest BCUT2D eigenvalue weighted by molar-refractivity contribution is 6.06. The molecule has 118 valence electrons. The van der Waals surface area contributed by atoms with Crippen LogP contribution in [0.25, 0.3) is 0 Å². The van der Waals surface area contributed by atoms with E-state index < -0.39 is 5.91 Å². The molecule has 0 aromatic heterocycles. The average molecular weight is 313 g/mol. The monoisotopic (exact) mass is 313 g/mol. The zero-order valence-electron chi connectivity index (χ0n) is 12.2. The third-order valence-corrected chi connectivity index (χ3v) is 3.02. The van der Waals surface area contributed by atoms with Gasteiger partial charge in [-0.05, 0) is 41.6 Å². The van der Waals surface area contributed by atoms with Crippen LogP contribution < -0.4 is 10.6 Å². The van der Waals surface area contributed by atoms with Crippen molar-refractivity contribution in [2.75, 3.05) is 17.2 Å². The zero-order valence-corrected chi connectivity index (χ0v) is 12.2. The Morgan fingerprint density at radius 2 is 1.70 bits per heavy atom. The number of rotatable bonds is 6. The van der Waals surface area contributed by atoms with Crippen molar-refractivity contribution in [3.63, 3.8) is 0 Å². The normalized spacial score (nSPS) is 9.96. The Labute approximate surface area is 132 Å². The SMILES string of the molecule is O=Nc1ccccc1NC(=O)c1ccc(NC(=O)CCO)cc1. The predicted molar refractivity (Wildman–Crippen MR) is 86.6 cm³/mol. The van der Waals surface area contributed by atoms with Gasteiger partial charge in [0.1, 0.15) is 5.69 Å². The highest BCUT2D eigenvalue weighted by atomic mass is 16.3. The second-order valence-electron chi connectivity index (χ2n) is 4.66. The van der Waals surface area contributed by atoms with Crippen molar-refractivity contribution in [1.82, 2.24) is 0 Å². The van der Waals surface area contributed by atoms with Gasteiger partial charge in [-0.15, -0.1) is 4.91 Å². The fraction of sp³-hybridized carbons (Fsp3) is 0.125. The molecule has 0 atom stereocenters. The fourth-order valence-electron chi connectivity index (χ4n) is 1.88. The van der Waals surface area contributed by atoms with Crippen LogP contribution in [0.15, 0.2) is 53.7 Å². The number of amides is 2. The standard InChI is InChI=1S/C16H15N3O4/c20-10-9-15(21)17-12-7-5-11(6-8-12)16(22)18-13-3-1-2-4-14(13)19-23/h1-8,20H,9-10H2,(H,17,21)(H,18,22). The molecule has 2 amide bonds. The zero-order chi connectivity index (χ0) is 16.7. The molecule has 2 aromatic carbocycles. The summed E-state index contributed by atoms with van der Waals surface area (Å²) < 4.78 is 0. The number of anilines is 2. The van der Waals surface area contributed by atoms with Crippen molar-refractivity contribution in [1.29, 1.82) is 0 Å². The van der Waals surface area contributed by atoms with Gasteiger partial charge in [0, 0.05) is 11.3 Å². The lowest BCUT2D eigenvalue weighted by Crippen LogP contribution is -2.14. The minimum absolute atomic E-state index is 0.0116. The quantitative estimate of drug-likeness (QED) is 0.712. The van der Waals surface area contributed by atoms with E-state index in [1.54, 1.807) is 42.5 Å². The number of nitroso groups, excluding NO2 is 1. The molecule has 0 unspecified atom stereocenters. The Kier molecular flexibility index (Phi) is 5.54. The van der Waals surface area contributed by atoms with Gasteiger partial charge in [0.05, 0.1) is 18.7 Å².